The average Bonchev–Trinajstić information content (AvgIpc) is 2.79. The van der Waals surface area contributed by atoms with Crippen molar-refractivity contribution in [1.82, 2.24) is 0 Å². The highest BCUT2D eigenvalue weighted by Gasteiger charge is 2.28. The number of anilines is 2. The van der Waals surface area contributed by atoms with E-state index in [-0.39, 0.29) is 17.1 Å². The number of hydrogen-bond acceptors (Lipinski definition) is 7. The molecule has 0 amide bonds. The molecular formula is C21H21FN2O7S2. The van der Waals surface area contributed by atoms with Crippen LogP contribution in [-0.4, -0.2) is 38.2 Å². The van der Waals surface area contributed by atoms with Gasteiger partial charge >= 0.3 is 0 Å². The number of benzene rings is 3. The Morgan fingerprint density at radius 2 is 1.06 bits per heavy atom. The minimum absolute atomic E-state index is 0.131. The Hall–Kier alpha value is -3.51. The third-order valence-electron chi connectivity index (χ3n) is 4.48. The fraction of sp³-hybridized carbons (Fsp3) is 0.143. The standard InChI is InChI=1S/C21H21FN2O7S2/c1-29-16-8-4-14(5-9-16)23-32(25,26)20-13-21(19(31-3)12-18(20)22)33(27,28)24-15-6-10-17(30-2)11-7-15/h4-13,23-24H,1-3H3. The summed E-state index contributed by atoms with van der Waals surface area (Å²) in [6.07, 6.45) is 0. The monoisotopic (exact) mass is 496 g/mol. The van der Waals surface area contributed by atoms with Gasteiger partial charge in [0.2, 0.25) is 0 Å². The van der Waals surface area contributed by atoms with Crippen molar-refractivity contribution in [3.05, 3.63) is 66.5 Å². The van der Waals surface area contributed by atoms with Crippen molar-refractivity contribution in [2.24, 2.45) is 0 Å². The van der Waals surface area contributed by atoms with Crippen molar-refractivity contribution < 1.29 is 35.4 Å². The minimum atomic E-state index is -4.48. The number of sulfonamides is 2. The van der Waals surface area contributed by atoms with Gasteiger partial charge < -0.3 is 14.2 Å². The first-order valence-electron chi connectivity index (χ1n) is 9.31. The van der Waals surface area contributed by atoms with E-state index in [1.807, 2.05) is 0 Å². The molecule has 12 heteroatoms. The van der Waals surface area contributed by atoms with Crippen molar-refractivity contribution in [1.29, 1.82) is 0 Å². The molecule has 0 radical (unpaired) electrons. The molecule has 3 aromatic carbocycles. The number of methoxy groups -OCH3 is 3. The second-order valence-electron chi connectivity index (χ2n) is 6.60. The molecule has 0 aliphatic carbocycles. The largest absolute Gasteiger partial charge is 0.497 e. The van der Waals surface area contributed by atoms with E-state index in [2.05, 4.69) is 9.44 Å². The van der Waals surface area contributed by atoms with Gasteiger partial charge in [0, 0.05) is 17.4 Å². The highest BCUT2D eigenvalue weighted by molar-refractivity contribution is 7.93. The van der Waals surface area contributed by atoms with Gasteiger partial charge in [-0.2, -0.15) is 0 Å². The lowest BCUT2D eigenvalue weighted by atomic mass is 10.3. The second-order valence-corrected chi connectivity index (χ2v) is 9.90. The van der Waals surface area contributed by atoms with Gasteiger partial charge in [-0.25, -0.2) is 21.2 Å². The maximum Gasteiger partial charge on any atom is 0.265 e. The van der Waals surface area contributed by atoms with Crippen LogP contribution in [0.2, 0.25) is 0 Å². The van der Waals surface area contributed by atoms with Crippen LogP contribution in [0.5, 0.6) is 17.2 Å². The Balaban J connectivity index is 2.00. The zero-order valence-electron chi connectivity index (χ0n) is 17.8. The number of halogens is 1. The van der Waals surface area contributed by atoms with Crippen LogP contribution in [-0.2, 0) is 20.0 Å². The molecule has 0 aliphatic rings. The first kappa shape index (κ1) is 24.1. The van der Waals surface area contributed by atoms with Gasteiger partial charge in [-0.15, -0.1) is 0 Å². The van der Waals surface area contributed by atoms with Crippen molar-refractivity contribution >= 4 is 31.4 Å². The van der Waals surface area contributed by atoms with Crippen LogP contribution in [0.15, 0.2) is 70.5 Å². The molecule has 0 saturated carbocycles. The van der Waals surface area contributed by atoms with Gasteiger partial charge in [-0.05, 0) is 54.6 Å². The van der Waals surface area contributed by atoms with Crippen LogP contribution >= 0.6 is 0 Å². The first-order chi connectivity index (χ1) is 15.6. The summed E-state index contributed by atoms with van der Waals surface area (Å²) in [4.78, 5) is -1.42. The molecule has 0 atom stereocenters. The smallest absolute Gasteiger partial charge is 0.265 e. The Kier molecular flexibility index (Phi) is 6.98. The molecule has 0 fully saturated rings. The summed E-state index contributed by atoms with van der Waals surface area (Å²) >= 11 is 0. The number of ether oxygens (including phenoxy) is 3. The Morgan fingerprint density at radius 1 is 0.636 bits per heavy atom. The van der Waals surface area contributed by atoms with E-state index in [9.17, 15) is 21.2 Å². The minimum Gasteiger partial charge on any atom is -0.497 e. The molecule has 0 aliphatic heterocycles. The summed E-state index contributed by atoms with van der Waals surface area (Å²) in [5.41, 5.74) is 0.315. The maximum atomic E-state index is 14.7. The molecule has 176 valence electrons. The van der Waals surface area contributed by atoms with Crippen molar-refractivity contribution in [2.75, 3.05) is 30.8 Å². The quantitative estimate of drug-likeness (QED) is 0.466. The Morgan fingerprint density at radius 3 is 1.45 bits per heavy atom. The summed E-state index contributed by atoms with van der Waals surface area (Å²) in [6, 6.07) is 13.2. The maximum absolute atomic E-state index is 14.7. The zero-order chi connectivity index (χ0) is 24.2. The van der Waals surface area contributed by atoms with Gasteiger partial charge in [0.05, 0.1) is 21.3 Å². The van der Waals surface area contributed by atoms with E-state index in [4.69, 9.17) is 14.2 Å². The number of hydrogen-bond donors (Lipinski definition) is 2. The van der Waals surface area contributed by atoms with Crippen LogP contribution in [0.25, 0.3) is 0 Å². The van der Waals surface area contributed by atoms with Gasteiger partial charge in [0.1, 0.15) is 32.9 Å². The lowest BCUT2D eigenvalue weighted by Crippen LogP contribution is -2.18. The highest BCUT2D eigenvalue weighted by atomic mass is 32.2. The molecule has 33 heavy (non-hydrogen) atoms. The lowest BCUT2D eigenvalue weighted by molar-refractivity contribution is 0.397. The fourth-order valence-electron chi connectivity index (χ4n) is 2.83. The number of nitrogens with one attached hydrogen (secondary N) is 2. The van der Waals surface area contributed by atoms with Gasteiger partial charge in [0.25, 0.3) is 20.0 Å². The molecule has 3 aromatic rings. The van der Waals surface area contributed by atoms with E-state index >= 15 is 0 Å². The van der Waals surface area contributed by atoms with E-state index in [1.54, 1.807) is 0 Å². The predicted octanol–water partition coefficient (Wildman–Crippen LogP) is 3.45. The molecule has 0 aromatic heterocycles. The predicted molar refractivity (Wildman–Crippen MR) is 121 cm³/mol. The van der Waals surface area contributed by atoms with Crippen LogP contribution in [0.4, 0.5) is 15.8 Å². The molecular weight excluding hydrogens is 475 g/mol. The molecule has 0 saturated heterocycles. The molecule has 3 rings (SSSR count). The number of rotatable bonds is 9. The fourth-order valence-corrected chi connectivity index (χ4v) is 5.29. The average molecular weight is 497 g/mol. The summed E-state index contributed by atoms with van der Waals surface area (Å²) in [5.74, 6) is -0.546. The topological polar surface area (TPSA) is 120 Å². The molecule has 0 spiro atoms. The summed E-state index contributed by atoms with van der Waals surface area (Å²) < 4.78 is 85.9. The van der Waals surface area contributed by atoms with Crippen LogP contribution in [0, 0.1) is 5.82 Å². The summed E-state index contributed by atoms with van der Waals surface area (Å²) in [7, 11) is -4.77. The first-order valence-corrected chi connectivity index (χ1v) is 12.3. The third kappa shape index (κ3) is 5.46. The van der Waals surface area contributed by atoms with E-state index in [1.165, 1.54) is 62.8 Å². The van der Waals surface area contributed by atoms with Crippen molar-refractivity contribution in [2.45, 2.75) is 9.79 Å². The van der Waals surface area contributed by atoms with Gasteiger partial charge in [0.15, 0.2) is 0 Å². The third-order valence-corrected chi connectivity index (χ3v) is 7.28. The van der Waals surface area contributed by atoms with Crippen LogP contribution in [0.3, 0.4) is 0 Å². The van der Waals surface area contributed by atoms with Crippen molar-refractivity contribution in [3.8, 4) is 17.2 Å². The molecule has 9 nitrogen and oxygen atoms in total. The molecule has 0 bridgehead atoms. The van der Waals surface area contributed by atoms with Crippen LogP contribution < -0.4 is 23.7 Å². The van der Waals surface area contributed by atoms with Gasteiger partial charge in [-0.1, -0.05) is 0 Å². The Labute approximate surface area is 191 Å². The van der Waals surface area contributed by atoms with Crippen LogP contribution in [0.1, 0.15) is 0 Å². The normalized spacial score (nSPS) is 11.5. The summed E-state index contributed by atoms with van der Waals surface area (Å²) in [6.45, 7) is 0. The lowest BCUT2D eigenvalue weighted by Gasteiger charge is -2.15. The van der Waals surface area contributed by atoms with E-state index in [0.717, 1.165) is 7.11 Å². The molecule has 2 N–H and O–H groups in total. The molecule has 0 heterocycles. The Bertz CT molecular complexity index is 1340. The van der Waals surface area contributed by atoms with E-state index in [0.29, 0.717) is 23.6 Å². The van der Waals surface area contributed by atoms with Crippen molar-refractivity contribution in [3.63, 3.8) is 0 Å². The highest BCUT2D eigenvalue weighted by Crippen LogP contribution is 2.32. The zero-order valence-corrected chi connectivity index (χ0v) is 19.5. The second kappa shape index (κ2) is 9.55. The summed E-state index contributed by atoms with van der Waals surface area (Å²) in [5, 5.41) is 0. The SMILES string of the molecule is COc1ccc(NS(=O)(=O)c2cc(S(=O)(=O)Nc3ccc(OC)cc3)c(OC)cc2F)cc1. The van der Waals surface area contributed by atoms with E-state index < -0.39 is 35.7 Å². The van der Waals surface area contributed by atoms with Gasteiger partial charge in [-0.3, -0.25) is 9.44 Å². The molecule has 0 unspecified atom stereocenters.